The zero-order valence-corrected chi connectivity index (χ0v) is 18.0. The van der Waals surface area contributed by atoms with Crippen LogP contribution >= 0.6 is 0 Å². The number of hydrogen-bond acceptors (Lipinski definition) is 5. The molecule has 2 N–H and O–H groups in total. The summed E-state index contributed by atoms with van der Waals surface area (Å²) in [5.74, 6) is -1.75. The highest BCUT2D eigenvalue weighted by atomic mass is 16.6. The molecule has 2 atom stereocenters. The first-order valence-electron chi connectivity index (χ1n) is 10.5. The summed E-state index contributed by atoms with van der Waals surface area (Å²) in [6.45, 7) is 1.78. The van der Waals surface area contributed by atoms with E-state index in [1.54, 1.807) is 0 Å². The van der Waals surface area contributed by atoms with Gasteiger partial charge < -0.3 is 24.8 Å². The summed E-state index contributed by atoms with van der Waals surface area (Å²) in [6, 6.07) is 15.0. The number of hydrogen-bond donors (Lipinski definition) is 2. The third-order valence-electron chi connectivity index (χ3n) is 6.37. The van der Waals surface area contributed by atoms with Gasteiger partial charge in [0.25, 0.3) is 5.91 Å². The molecule has 0 spiro atoms. The summed E-state index contributed by atoms with van der Waals surface area (Å²) >= 11 is 0. The van der Waals surface area contributed by atoms with Gasteiger partial charge in [-0.1, -0.05) is 48.5 Å². The van der Waals surface area contributed by atoms with E-state index in [1.807, 2.05) is 36.4 Å². The van der Waals surface area contributed by atoms with E-state index >= 15 is 0 Å². The number of ether oxygens (including phenoxy) is 2. The number of carboxylic acids is 1. The second-order valence-electron chi connectivity index (χ2n) is 8.27. The fourth-order valence-corrected chi connectivity index (χ4v) is 4.39. The minimum atomic E-state index is -1.35. The fourth-order valence-electron chi connectivity index (χ4n) is 4.39. The number of aliphatic carboxylic acids is 1. The van der Waals surface area contributed by atoms with Crippen molar-refractivity contribution >= 4 is 18.0 Å². The van der Waals surface area contributed by atoms with Crippen LogP contribution in [-0.4, -0.2) is 66.4 Å². The minimum absolute atomic E-state index is 0.0350. The van der Waals surface area contributed by atoms with Crippen LogP contribution in [0.15, 0.2) is 48.5 Å². The highest BCUT2D eigenvalue weighted by molar-refractivity contribution is 5.93. The van der Waals surface area contributed by atoms with Gasteiger partial charge >= 0.3 is 12.1 Å². The van der Waals surface area contributed by atoms with Gasteiger partial charge in [0.05, 0.1) is 6.61 Å². The smallest absolute Gasteiger partial charge is 0.408 e. The van der Waals surface area contributed by atoms with Crippen molar-refractivity contribution in [1.29, 1.82) is 0 Å². The van der Waals surface area contributed by atoms with Gasteiger partial charge in [-0.15, -0.1) is 0 Å². The highest BCUT2D eigenvalue weighted by Crippen LogP contribution is 2.44. The number of nitrogens with one attached hydrogen (secondary N) is 1. The molecule has 168 valence electrons. The lowest BCUT2D eigenvalue weighted by Gasteiger charge is -2.33. The standard InChI is InChI=1S/C24H26N2O6/c1-15(21(27)28)26(2)22(29)24(11-12-31-14-24)25-23(30)32-13-20-18-9-5-3-7-16(18)17-8-4-6-10-19(17)20/h3-10,15,20H,11-14H2,1-2H3,(H,25,30)(H,27,28). The van der Waals surface area contributed by atoms with Crippen molar-refractivity contribution in [2.75, 3.05) is 26.9 Å². The summed E-state index contributed by atoms with van der Waals surface area (Å²) in [6.07, 6.45) is -0.491. The number of nitrogens with zero attached hydrogens (tertiary/aromatic N) is 1. The summed E-state index contributed by atoms with van der Waals surface area (Å²) in [5, 5.41) is 11.9. The monoisotopic (exact) mass is 438 g/mol. The van der Waals surface area contributed by atoms with Gasteiger partial charge in [0.15, 0.2) is 0 Å². The summed E-state index contributed by atoms with van der Waals surface area (Å²) < 4.78 is 11.0. The SMILES string of the molecule is CC(C(=O)O)N(C)C(=O)C1(NC(=O)OCC2c3ccccc3-c3ccccc32)CCOC1. The van der Waals surface area contributed by atoms with Crippen LogP contribution in [0.25, 0.3) is 11.1 Å². The molecule has 2 amide bonds. The average molecular weight is 438 g/mol. The van der Waals surface area contributed by atoms with Gasteiger partial charge in [0.1, 0.15) is 18.2 Å². The molecule has 8 nitrogen and oxygen atoms in total. The van der Waals surface area contributed by atoms with Gasteiger partial charge in [-0.05, 0) is 29.2 Å². The molecule has 4 rings (SSSR count). The first-order chi connectivity index (χ1) is 15.3. The summed E-state index contributed by atoms with van der Waals surface area (Å²) in [7, 11) is 1.40. The molecule has 8 heteroatoms. The lowest BCUT2D eigenvalue weighted by Crippen LogP contribution is -2.61. The zero-order chi connectivity index (χ0) is 22.9. The maximum atomic E-state index is 13.0. The Morgan fingerprint density at radius 3 is 2.28 bits per heavy atom. The number of likely N-dealkylation sites (N-methyl/N-ethyl adjacent to an activating group) is 1. The molecule has 1 fully saturated rings. The number of benzene rings is 2. The molecule has 1 heterocycles. The van der Waals surface area contributed by atoms with Crippen LogP contribution in [-0.2, 0) is 19.1 Å². The van der Waals surface area contributed by atoms with Gasteiger partial charge in [0, 0.05) is 26.0 Å². The number of rotatable bonds is 6. The van der Waals surface area contributed by atoms with Crippen LogP contribution in [0.1, 0.15) is 30.4 Å². The number of carbonyl (C=O) groups is 3. The number of carbonyl (C=O) groups excluding carboxylic acids is 2. The Balaban J connectivity index is 1.47. The normalized spacial score (nSPS) is 20.2. The van der Waals surface area contributed by atoms with Crippen LogP contribution < -0.4 is 5.32 Å². The zero-order valence-electron chi connectivity index (χ0n) is 18.0. The Hall–Kier alpha value is -3.39. The molecule has 2 aliphatic rings. The summed E-state index contributed by atoms with van der Waals surface area (Å²) in [4.78, 5) is 38.2. The number of fused-ring (bicyclic) bond motifs is 3. The van der Waals surface area contributed by atoms with Crippen molar-refractivity contribution in [2.24, 2.45) is 0 Å². The first kappa shape index (κ1) is 21.8. The molecule has 1 aliphatic heterocycles. The van der Waals surface area contributed by atoms with Crippen LogP contribution in [0, 0.1) is 0 Å². The largest absolute Gasteiger partial charge is 0.480 e. The predicted molar refractivity (Wildman–Crippen MR) is 116 cm³/mol. The Labute approximate surface area is 186 Å². The maximum Gasteiger partial charge on any atom is 0.408 e. The van der Waals surface area contributed by atoms with Gasteiger partial charge in [0.2, 0.25) is 0 Å². The van der Waals surface area contributed by atoms with Crippen molar-refractivity contribution in [3.8, 4) is 11.1 Å². The molecule has 1 saturated heterocycles. The van der Waals surface area contributed by atoms with Crippen LogP contribution in [0.5, 0.6) is 0 Å². The maximum absolute atomic E-state index is 13.0. The van der Waals surface area contributed by atoms with Crippen LogP contribution in [0.3, 0.4) is 0 Å². The van der Waals surface area contributed by atoms with Crippen LogP contribution in [0.2, 0.25) is 0 Å². The Morgan fingerprint density at radius 2 is 1.75 bits per heavy atom. The molecule has 32 heavy (non-hydrogen) atoms. The average Bonchev–Trinajstić information content (AvgIpc) is 3.39. The molecule has 0 aromatic heterocycles. The van der Waals surface area contributed by atoms with E-state index in [2.05, 4.69) is 17.4 Å². The van der Waals surface area contributed by atoms with Gasteiger partial charge in [-0.2, -0.15) is 0 Å². The Bertz CT molecular complexity index is 1000. The van der Waals surface area contributed by atoms with E-state index < -0.39 is 29.6 Å². The molecule has 1 aliphatic carbocycles. The first-order valence-corrected chi connectivity index (χ1v) is 10.5. The highest BCUT2D eigenvalue weighted by Gasteiger charge is 2.47. The second kappa shape index (κ2) is 8.63. The van der Waals surface area contributed by atoms with E-state index in [-0.39, 0.29) is 32.2 Å². The van der Waals surface area contributed by atoms with Crippen LogP contribution in [0.4, 0.5) is 4.79 Å². The van der Waals surface area contributed by atoms with Crippen molar-refractivity contribution < 1.29 is 29.0 Å². The predicted octanol–water partition coefficient (Wildman–Crippen LogP) is 2.62. The summed E-state index contributed by atoms with van der Waals surface area (Å²) in [5.41, 5.74) is 3.08. The topological polar surface area (TPSA) is 105 Å². The van der Waals surface area contributed by atoms with Crippen molar-refractivity contribution in [3.63, 3.8) is 0 Å². The van der Waals surface area contributed by atoms with Gasteiger partial charge in [-0.25, -0.2) is 9.59 Å². The van der Waals surface area contributed by atoms with Crippen molar-refractivity contribution in [3.05, 3.63) is 59.7 Å². The molecule has 0 saturated carbocycles. The number of alkyl carbamates (subject to hydrolysis) is 1. The van der Waals surface area contributed by atoms with E-state index in [4.69, 9.17) is 9.47 Å². The number of carboxylic acid groups (broad SMARTS) is 1. The van der Waals surface area contributed by atoms with E-state index in [0.29, 0.717) is 0 Å². The molecule has 0 radical (unpaired) electrons. The van der Waals surface area contributed by atoms with Crippen molar-refractivity contribution in [2.45, 2.75) is 30.8 Å². The van der Waals surface area contributed by atoms with E-state index in [1.165, 1.54) is 14.0 Å². The lowest BCUT2D eigenvalue weighted by atomic mass is 9.96. The quantitative estimate of drug-likeness (QED) is 0.718. The second-order valence-corrected chi connectivity index (χ2v) is 8.27. The Morgan fingerprint density at radius 1 is 1.16 bits per heavy atom. The number of amides is 2. The minimum Gasteiger partial charge on any atom is -0.480 e. The molecule has 0 bridgehead atoms. The third kappa shape index (κ3) is 3.82. The van der Waals surface area contributed by atoms with Crippen molar-refractivity contribution in [1.82, 2.24) is 10.2 Å². The Kier molecular flexibility index (Phi) is 5.88. The molecule has 2 aromatic rings. The molecule has 2 unspecified atom stereocenters. The van der Waals surface area contributed by atoms with E-state index in [0.717, 1.165) is 27.2 Å². The lowest BCUT2D eigenvalue weighted by molar-refractivity contribution is -0.151. The molecular formula is C24H26N2O6. The fraction of sp³-hybridized carbons (Fsp3) is 0.375. The third-order valence-corrected chi connectivity index (χ3v) is 6.37. The molecule has 2 aromatic carbocycles. The molecular weight excluding hydrogens is 412 g/mol. The van der Waals surface area contributed by atoms with E-state index in [9.17, 15) is 19.5 Å². The van der Waals surface area contributed by atoms with Gasteiger partial charge in [-0.3, -0.25) is 4.79 Å².